The number of benzene rings is 1. The smallest absolute Gasteiger partial charge is 0.277 e. The molecule has 2 rings (SSSR count). The van der Waals surface area contributed by atoms with Gasteiger partial charge in [-0.3, -0.25) is 4.79 Å². The predicted octanol–water partition coefficient (Wildman–Crippen LogP) is 3.63. The molecule has 0 aliphatic rings. The summed E-state index contributed by atoms with van der Waals surface area (Å²) in [6, 6.07) is 6.69. The van der Waals surface area contributed by atoms with Crippen LogP contribution in [0, 0.1) is 0 Å². The van der Waals surface area contributed by atoms with Gasteiger partial charge in [0.25, 0.3) is 5.22 Å². The molecule has 24 heavy (non-hydrogen) atoms. The molecule has 1 aromatic carbocycles. The monoisotopic (exact) mass is 408 g/mol. The first kappa shape index (κ1) is 21.1. The molecule has 0 aliphatic carbocycles. The van der Waals surface area contributed by atoms with Crippen LogP contribution in [0.4, 0.5) is 5.69 Å². The Morgan fingerprint density at radius 2 is 2.25 bits per heavy atom. The number of hydrogen-bond acceptors (Lipinski definition) is 7. The van der Waals surface area contributed by atoms with Crippen molar-refractivity contribution >= 4 is 59.1 Å². The second-order valence-corrected chi connectivity index (χ2v) is 6.99. The van der Waals surface area contributed by atoms with E-state index in [1.165, 1.54) is 11.8 Å². The minimum atomic E-state index is -0.274. The Balaban J connectivity index is 0.00000288. The van der Waals surface area contributed by atoms with Crippen molar-refractivity contribution in [2.75, 3.05) is 23.1 Å². The van der Waals surface area contributed by atoms with Crippen molar-refractivity contribution in [1.29, 1.82) is 0 Å². The Morgan fingerprint density at radius 1 is 1.46 bits per heavy atom. The molecule has 1 heterocycles. The lowest BCUT2D eigenvalue weighted by molar-refractivity contribution is -0.113. The SMILES string of the molecule is CSCC[C@H](N)c1nnc(SCC(=O)Nc2cccc(Cl)c2)o1.Cl. The van der Waals surface area contributed by atoms with Crippen LogP contribution in [0.1, 0.15) is 18.4 Å². The molecule has 132 valence electrons. The van der Waals surface area contributed by atoms with E-state index < -0.39 is 0 Å². The van der Waals surface area contributed by atoms with Gasteiger partial charge in [0, 0.05) is 10.7 Å². The molecular weight excluding hydrogens is 391 g/mol. The summed E-state index contributed by atoms with van der Waals surface area (Å²) < 4.78 is 5.47. The fourth-order valence-corrected chi connectivity index (χ4v) is 2.94. The first-order valence-corrected chi connectivity index (χ1v) is 9.60. The molecule has 10 heteroatoms. The zero-order valence-corrected chi connectivity index (χ0v) is 16.1. The van der Waals surface area contributed by atoms with Gasteiger partial charge in [-0.1, -0.05) is 29.4 Å². The Hall–Kier alpha value is -0.930. The number of nitrogens with zero attached hydrogens (tertiary/aromatic N) is 2. The molecule has 0 saturated carbocycles. The summed E-state index contributed by atoms with van der Waals surface area (Å²) in [6.07, 6.45) is 2.78. The summed E-state index contributed by atoms with van der Waals surface area (Å²) in [4.78, 5) is 11.9. The Morgan fingerprint density at radius 3 is 2.96 bits per heavy atom. The number of halogens is 2. The van der Waals surface area contributed by atoms with Crippen molar-refractivity contribution in [2.45, 2.75) is 17.7 Å². The third kappa shape index (κ3) is 6.90. The molecule has 1 aromatic heterocycles. The van der Waals surface area contributed by atoms with Gasteiger partial charge in [-0.15, -0.1) is 22.6 Å². The van der Waals surface area contributed by atoms with Gasteiger partial charge in [0.05, 0.1) is 11.8 Å². The maximum absolute atomic E-state index is 11.9. The standard InChI is InChI=1S/C14H17ClN4O2S2.ClH/c1-22-6-5-11(16)13-18-19-14(21-13)23-8-12(20)17-10-4-2-3-9(15)7-10;/h2-4,7,11H,5-6,8,16H2,1H3,(H,17,20);1H/t11-;/m0./s1. The molecule has 1 amide bonds. The van der Waals surface area contributed by atoms with Crippen LogP contribution in [0.25, 0.3) is 0 Å². The van der Waals surface area contributed by atoms with Gasteiger partial charge < -0.3 is 15.5 Å². The van der Waals surface area contributed by atoms with Crippen molar-refractivity contribution in [3.8, 4) is 0 Å². The topological polar surface area (TPSA) is 94.0 Å². The first-order valence-electron chi connectivity index (χ1n) is 6.84. The van der Waals surface area contributed by atoms with E-state index in [2.05, 4.69) is 15.5 Å². The second kappa shape index (κ2) is 10.8. The molecule has 3 N–H and O–H groups in total. The third-order valence-electron chi connectivity index (χ3n) is 2.81. The quantitative estimate of drug-likeness (QED) is 0.643. The summed E-state index contributed by atoms with van der Waals surface area (Å²) in [5.41, 5.74) is 6.60. The molecular formula is C14H18Cl2N4O2S2. The van der Waals surface area contributed by atoms with Gasteiger partial charge in [0.2, 0.25) is 11.8 Å². The summed E-state index contributed by atoms with van der Waals surface area (Å²) in [5.74, 6) is 1.31. The molecule has 0 radical (unpaired) electrons. The minimum Gasteiger partial charge on any atom is -0.414 e. The van der Waals surface area contributed by atoms with Crippen molar-refractivity contribution in [3.63, 3.8) is 0 Å². The lowest BCUT2D eigenvalue weighted by Gasteiger charge is -2.05. The van der Waals surface area contributed by atoms with E-state index in [4.69, 9.17) is 21.8 Å². The van der Waals surface area contributed by atoms with E-state index >= 15 is 0 Å². The van der Waals surface area contributed by atoms with Crippen LogP contribution in [0.3, 0.4) is 0 Å². The predicted molar refractivity (Wildman–Crippen MR) is 102 cm³/mol. The highest BCUT2D eigenvalue weighted by atomic mass is 35.5. The van der Waals surface area contributed by atoms with Crippen LogP contribution in [-0.2, 0) is 4.79 Å². The van der Waals surface area contributed by atoms with E-state index in [1.54, 1.807) is 36.0 Å². The van der Waals surface area contributed by atoms with Gasteiger partial charge in [-0.25, -0.2) is 0 Å². The van der Waals surface area contributed by atoms with Crippen LogP contribution in [-0.4, -0.2) is 33.9 Å². The molecule has 0 unspecified atom stereocenters. The molecule has 1 atom stereocenters. The van der Waals surface area contributed by atoms with Gasteiger partial charge in [0.15, 0.2) is 0 Å². The first-order chi connectivity index (χ1) is 11.1. The number of nitrogens with two attached hydrogens (primary N) is 1. The Labute approximate surface area is 160 Å². The van der Waals surface area contributed by atoms with Crippen molar-refractivity contribution in [3.05, 3.63) is 35.2 Å². The van der Waals surface area contributed by atoms with Gasteiger partial charge in [-0.05, 0) is 36.6 Å². The average Bonchev–Trinajstić information content (AvgIpc) is 3.00. The lowest BCUT2D eigenvalue weighted by atomic mass is 10.2. The maximum atomic E-state index is 11.9. The number of amides is 1. The average molecular weight is 409 g/mol. The van der Waals surface area contributed by atoms with Crippen molar-refractivity contribution in [2.24, 2.45) is 5.73 Å². The molecule has 0 aliphatic heterocycles. The number of aromatic nitrogens is 2. The molecule has 0 bridgehead atoms. The van der Waals surface area contributed by atoms with Crippen LogP contribution in [0.15, 0.2) is 33.9 Å². The Bertz CT molecular complexity index is 657. The van der Waals surface area contributed by atoms with E-state index in [9.17, 15) is 4.79 Å². The highest BCUT2D eigenvalue weighted by Crippen LogP contribution is 2.21. The van der Waals surface area contributed by atoms with E-state index in [0.717, 1.165) is 12.2 Å². The number of anilines is 1. The van der Waals surface area contributed by atoms with E-state index in [-0.39, 0.29) is 30.1 Å². The fraction of sp³-hybridized carbons (Fsp3) is 0.357. The number of nitrogens with one attached hydrogen (secondary N) is 1. The highest BCUT2D eigenvalue weighted by molar-refractivity contribution is 7.99. The maximum Gasteiger partial charge on any atom is 0.277 e. The van der Waals surface area contributed by atoms with Crippen LogP contribution in [0.5, 0.6) is 0 Å². The van der Waals surface area contributed by atoms with Crippen LogP contribution >= 0.6 is 47.5 Å². The third-order valence-corrected chi connectivity index (χ3v) is 4.50. The molecule has 0 saturated heterocycles. The molecule has 0 fully saturated rings. The van der Waals surface area contributed by atoms with E-state index in [0.29, 0.717) is 21.8 Å². The Kier molecular flexibility index (Phi) is 9.53. The van der Waals surface area contributed by atoms with E-state index in [1.807, 2.05) is 6.26 Å². The number of thioether (sulfide) groups is 2. The molecule has 6 nitrogen and oxygen atoms in total. The number of hydrogen-bond donors (Lipinski definition) is 2. The highest BCUT2D eigenvalue weighted by Gasteiger charge is 2.15. The summed E-state index contributed by atoms with van der Waals surface area (Å²) >= 11 is 8.74. The number of rotatable bonds is 8. The molecule has 0 spiro atoms. The molecule has 2 aromatic rings. The van der Waals surface area contributed by atoms with Crippen LogP contribution in [0.2, 0.25) is 5.02 Å². The summed E-state index contributed by atoms with van der Waals surface area (Å²) in [7, 11) is 0. The number of carbonyl (C=O) groups is 1. The fourth-order valence-electron chi connectivity index (χ4n) is 1.69. The summed E-state index contributed by atoms with van der Waals surface area (Å²) in [5, 5.41) is 11.5. The number of carbonyl (C=O) groups excluding carboxylic acids is 1. The normalized spacial score (nSPS) is 11.6. The largest absolute Gasteiger partial charge is 0.414 e. The van der Waals surface area contributed by atoms with Crippen molar-refractivity contribution < 1.29 is 9.21 Å². The van der Waals surface area contributed by atoms with Crippen molar-refractivity contribution in [1.82, 2.24) is 10.2 Å². The lowest BCUT2D eigenvalue weighted by Crippen LogP contribution is -2.13. The summed E-state index contributed by atoms with van der Waals surface area (Å²) in [6.45, 7) is 0. The minimum absolute atomic E-state index is 0. The van der Waals surface area contributed by atoms with Crippen LogP contribution < -0.4 is 11.1 Å². The zero-order valence-electron chi connectivity index (χ0n) is 12.9. The zero-order chi connectivity index (χ0) is 16.7. The van der Waals surface area contributed by atoms with Gasteiger partial charge in [-0.2, -0.15) is 11.8 Å². The second-order valence-electron chi connectivity index (χ2n) is 4.64. The van der Waals surface area contributed by atoms with Gasteiger partial charge >= 0.3 is 0 Å². The van der Waals surface area contributed by atoms with Gasteiger partial charge in [0.1, 0.15) is 0 Å².